The topological polar surface area (TPSA) is 29.5 Å². The zero-order valence-corrected chi connectivity index (χ0v) is 8.68. The van der Waals surface area contributed by atoms with Crippen LogP contribution < -0.4 is 4.74 Å². The Labute approximate surface area is 88.5 Å². The first-order chi connectivity index (χ1) is 6.83. The van der Waals surface area contributed by atoms with Crippen LogP contribution in [0.1, 0.15) is 17.5 Å². The van der Waals surface area contributed by atoms with E-state index >= 15 is 0 Å². The zero-order valence-electron chi connectivity index (χ0n) is 7.92. The molecule has 1 aliphatic heterocycles. The van der Waals surface area contributed by atoms with Crippen LogP contribution in [0.15, 0.2) is 12.1 Å². The number of hydrogen-bond donors (Lipinski definition) is 1. The monoisotopic (exact) mass is 212 g/mol. The summed E-state index contributed by atoms with van der Waals surface area (Å²) in [5.41, 5.74) is 2.38. The van der Waals surface area contributed by atoms with Gasteiger partial charge in [-0.25, -0.2) is 0 Å². The fourth-order valence-electron chi connectivity index (χ4n) is 1.84. The molecule has 0 radical (unpaired) electrons. The first-order valence-corrected chi connectivity index (χ1v) is 5.24. The minimum absolute atomic E-state index is 0.209. The Balaban J connectivity index is 2.31. The van der Waals surface area contributed by atoms with Crippen molar-refractivity contribution in [1.82, 2.24) is 0 Å². The number of ether oxygens (including phenoxy) is 1. The van der Waals surface area contributed by atoms with Gasteiger partial charge in [0.15, 0.2) is 0 Å². The summed E-state index contributed by atoms with van der Waals surface area (Å²) in [7, 11) is 0. The van der Waals surface area contributed by atoms with Crippen LogP contribution in [0.3, 0.4) is 0 Å². The van der Waals surface area contributed by atoms with Crippen LogP contribution in [-0.4, -0.2) is 18.3 Å². The molecule has 0 saturated heterocycles. The van der Waals surface area contributed by atoms with Crippen molar-refractivity contribution in [2.24, 2.45) is 0 Å². The quantitative estimate of drug-likeness (QED) is 0.833. The summed E-state index contributed by atoms with van der Waals surface area (Å²) in [4.78, 5) is 0. The van der Waals surface area contributed by atoms with Crippen molar-refractivity contribution in [3.63, 3.8) is 0 Å². The largest absolute Gasteiger partial charge is 0.493 e. The van der Waals surface area contributed by atoms with E-state index in [2.05, 4.69) is 0 Å². The van der Waals surface area contributed by atoms with Crippen molar-refractivity contribution in [3.05, 3.63) is 28.3 Å². The summed E-state index contributed by atoms with van der Waals surface area (Å²) in [6.45, 7) is 0.961. The third-order valence-corrected chi connectivity index (χ3v) is 2.88. The van der Waals surface area contributed by atoms with Gasteiger partial charge < -0.3 is 9.84 Å². The van der Waals surface area contributed by atoms with Crippen molar-refractivity contribution in [2.45, 2.75) is 19.3 Å². The fraction of sp³-hybridized carbons (Fsp3) is 0.455. The predicted molar refractivity (Wildman–Crippen MR) is 56.1 cm³/mol. The van der Waals surface area contributed by atoms with Crippen LogP contribution >= 0.6 is 11.6 Å². The lowest BCUT2D eigenvalue weighted by atomic mass is 10.0. The molecule has 2 rings (SSSR count). The molecule has 1 N–H and O–H groups in total. The summed E-state index contributed by atoms with van der Waals surface area (Å²) < 4.78 is 5.45. The molecule has 1 aliphatic rings. The van der Waals surface area contributed by atoms with Gasteiger partial charge in [0.2, 0.25) is 0 Å². The van der Waals surface area contributed by atoms with Gasteiger partial charge >= 0.3 is 0 Å². The number of fused-ring (bicyclic) bond motifs is 1. The molecule has 0 amide bonds. The van der Waals surface area contributed by atoms with Gasteiger partial charge in [-0.2, -0.15) is 0 Å². The van der Waals surface area contributed by atoms with Crippen molar-refractivity contribution >= 4 is 11.6 Å². The van der Waals surface area contributed by atoms with E-state index in [9.17, 15) is 0 Å². The average Bonchev–Trinajstić information content (AvgIpc) is 2.64. The molecule has 0 saturated carbocycles. The van der Waals surface area contributed by atoms with Crippen LogP contribution in [0.5, 0.6) is 5.75 Å². The molecule has 2 nitrogen and oxygen atoms in total. The molecular weight excluding hydrogens is 200 g/mol. The number of hydrogen-bond acceptors (Lipinski definition) is 2. The summed E-state index contributed by atoms with van der Waals surface area (Å²) in [6.07, 6.45) is 2.54. The Kier molecular flexibility index (Phi) is 2.94. The first-order valence-electron chi connectivity index (χ1n) is 4.87. The predicted octanol–water partition coefficient (Wildman–Crippen LogP) is 2.20. The molecule has 0 spiro atoms. The zero-order chi connectivity index (χ0) is 9.97. The second kappa shape index (κ2) is 4.20. The number of halogens is 1. The van der Waals surface area contributed by atoms with E-state index in [0.717, 1.165) is 42.2 Å². The number of benzene rings is 1. The van der Waals surface area contributed by atoms with E-state index in [-0.39, 0.29) is 6.61 Å². The van der Waals surface area contributed by atoms with E-state index in [4.69, 9.17) is 21.4 Å². The van der Waals surface area contributed by atoms with E-state index in [1.807, 2.05) is 12.1 Å². The molecule has 14 heavy (non-hydrogen) atoms. The molecule has 3 heteroatoms. The number of aliphatic hydroxyl groups excluding tert-OH is 1. The average molecular weight is 213 g/mol. The molecule has 1 heterocycles. The van der Waals surface area contributed by atoms with Crippen LogP contribution in [0, 0.1) is 0 Å². The maximum absolute atomic E-state index is 8.79. The van der Waals surface area contributed by atoms with Crippen LogP contribution in [0.4, 0.5) is 0 Å². The Morgan fingerprint density at radius 2 is 2.29 bits per heavy atom. The Hall–Kier alpha value is -0.730. The highest BCUT2D eigenvalue weighted by Gasteiger charge is 2.17. The minimum Gasteiger partial charge on any atom is -0.493 e. The summed E-state index contributed by atoms with van der Waals surface area (Å²) in [5, 5.41) is 9.59. The fourth-order valence-corrected chi connectivity index (χ4v) is 2.11. The van der Waals surface area contributed by atoms with Crippen molar-refractivity contribution in [2.75, 3.05) is 13.2 Å². The highest BCUT2D eigenvalue weighted by molar-refractivity contribution is 6.31. The Morgan fingerprint density at radius 1 is 1.43 bits per heavy atom. The molecule has 1 aromatic rings. The highest BCUT2D eigenvalue weighted by atomic mass is 35.5. The van der Waals surface area contributed by atoms with E-state index < -0.39 is 0 Å². The number of rotatable bonds is 3. The van der Waals surface area contributed by atoms with Crippen LogP contribution in [0.2, 0.25) is 5.02 Å². The van der Waals surface area contributed by atoms with E-state index in [0.29, 0.717) is 0 Å². The van der Waals surface area contributed by atoms with Gasteiger partial charge in [0, 0.05) is 23.6 Å². The second-order valence-corrected chi connectivity index (χ2v) is 3.84. The van der Waals surface area contributed by atoms with Crippen molar-refractivity contribution in [3.8, 4) is 5.75 Å². The molecule has 0 bridgehead atoms. The lowest BCUT2D eigenvalue weighted by molar-refractivity contribution is 0.288. The van der Waals surface area contributed by atoms with Crippen molar-refractivity contribution < 1.29 is 9.84 Å². The maximum atomic E-state index is 8.79. The minimum atomic E-state index is 0.209. The van der Waals surface area contributed by atoms with Gasteiger partial charge in [0.1, 0.15) is 5.75 Å². The first kappa shape index (κ1) is 9.81. The van der Waals surface area contributed by atoms with Crippen LogP contribution in [0.25, 0.3) is 0 Å². The van der Waals surface area contributed by atoms with Gasteiger partial charge in [-0.3, -0.25) is 0 Å². The summed E-state index contributed by atoms with van der Waals surface area (Å²) >= 11 is 6.11. The summed E-state index contributed by atoms with van der Waals surface area (Å²) in [5.74, 6) is 0.960. The lowest BCUT2D eigenvalue weighted by Gasteiger charge is -2.08. The summed E-state index contributed by atoms with van der Waals surface area (Å²) in [6, 6.07) is 3.80. The smallest absolute Gasteiger partial charge is 0.123 e. The Morgan fingerprint density at radius 3 is 3.07 bits per heavy atom. The van der Waals surface area contributed by atoms with Gasteiger partial charge in [0.25, 0.3) is 0 Å². The molecule has 0 aliphatic carbocycles. The van der Waals surface area contributed by atoms with Gasteiger partial charge in [0.05, 0.1) is 6.61 Å². The third kappa shape index (κ3) is 1.72. The molecule has 0 fully saturated rings. The van der Waals surface area contributed by atoms with Crippen LogP contribution in [-0.2, 0) is 12.8 Å². The molecular formula is C11H13ClO2. The SMILES string of the molecule is OCCCc1c(Cl)ccc2c1CCO2. The Bertz CT molecular complexity index is 336. The molecule has 1 aromatic carbocycles. The highest BCUT2D eigenvalue weighted by Crippen LogP contribution is 2.33. The molecule has 76 valence electrons. The van der Waals surface area contributed by atoms with Gasteiger partial charge in [-0.1, -0.05) is 11.6 Å². The number of aliphatic hydroxyl groups is 1. The molecule has 0 unspecified atom stereocenters. The lowest BCUT2D eigenvalue weighted by Crippen LogP contribution is -1.95. The standard InChI is InChI=1S/C11H13ClO2/c12-10-3-4-11-9(5-7-14-11)8(10)2-1-6-13/h3-4,13H,1-2,5-7H2. The van der Waals surface area contributed by atoms with E-state index in [1.54, 1.807) is 0 Å². The van der Waals surface area contributed by atoms with Gasteiger partial charge in [-0.05, 0) is 30.5 Å². The maximum Gasteiger partial charge on any atom is 0.123 e. The van der Waals surface area contributed by atoms with Crippen molar-refractivity contribution in [1.29, 1.82) is 0 Å². The normalized spacial score (nSPS) is 13.9. The van der Waals surface area contributed by atoms with Gasteiger partial charge in [-0.15, -0.1) is 0 Å². The second-order valence-electron chi connectivity index (χ2n) is 3.43. The van der Waals surface area contributed by atoms with E-state index in [1.165, 1.54) is 5.56 Å². The molecule has 0 aromatic heterocycles. The molecule has 0 atom stereocenters. The third-order valence-electron chi connectivity index (χ3n) is 2.53.